The smallest absolute Gasteiger partial charge is 0.164 e. The molecule has 1 heterocycles. The molecule has 0 saturated heterocycles. The van der Waals surface area contributed by atoms with Crippen molar-refractivity contribution in [3.8, 4) is 11.3 Å². The molecule has 0 spiro atoms. The van der Waals surface area contributed by atoms with Gasteiger partial charge in [0.1, 0.15) is 12.1 Å². The molecule has 0 atom stereocenters. The van der Waals surface area contributed by atoms with Crippen LogP contribution in [0.25, 0.3) is 32.9 Å². The number of aromatic nitrogens is 2. The molecule has 1 fully saturated rings. The van der Waals surface area contributed by atoms with Crippen molar-refractivity contribution in [3.05, 3.63) is 83.9 Å². The van der Waals surface area contributed by atoms with Crippen LogP contribution in [0.5, 0.6) is 0 Å². The predicted octanol–water partition coefficient (Wildman–Crippen LogP) is 12.1. The summed E-state index contributed by atoms with van der Waals surface area (Å²) in [4.78, 5) is 21.6. The number of aliphatic hydroxyl groups excluding tert-OH is 1. The molecule has 1 aromatic heterocycles. The maximum Gasteiger partial charge on any atom is 0.164 e. The molecular weight excluding hydrogens is 769 g/mol. The number of fused-ring (bicyclic) bond motifs is 3. The average molecular weight is 826 g/mol. The zero-order valence-corrected chi connectivity index (χ0v) is 33.0. The number of hydrogen-bond acceptors (Lipinski definition) is 4. The number of carbonyl (C=O) groups is 1. The van der Waals surface area contributed by atoms with Gasteiger partial charge in [0.25, 0.3) is 0 Å². The van der Waals surface area contributed by atoms with Crippen molar-refractivity contribution < 1.29 is 30.0 Å². The summed E-state index contributed by atoms with van der Waals surface area (Å²) in [5.74, 6) is 1.59. The standard InChI is InChI=1S/C28H29N2.C15H28O2.Ir/c1-19(2)17-24-10-6-9-22-15-16-25-27(29-18-30-28(25)26(22)24)23-13-11-21(12-14-23)20-7-4-3-5-8-20;1-7-14(5,8-2)12(16)11-13(17)15(6,9-3)10-4;/h6,9-13,15-16,18-20H,3-5,7-8,17H2,1-2H3;11,16H,7-10H2,1-6H3;/q-1;;/b;12-11-;. The van der Waals surface area contributed by atoms with Crippen LogP contribution in [0.4, 0.5) is 0 Å². The minimum Gasteiger partial charge on any atom is -0.512 e. The number of benzene rings is 3. The third-order valence-corrected chi connectivity index (χ3v) is 11.1. The zero-order chi connectivity index (χ0) is 34.2. The van der Waals surface area contributed by atoms with E-state index < -0.39 is 0 Å². The topological polar surface area (TPSA) is 63.1 Å². The largest absolute Gasteiger partial charge is 0.512 e. The van der Waals surface area contributed by atoms with Gasteiger partial charge < -0.3 is 5.11 Å². The fraction of sp³-hybridized carbons (Fsp3) is 0.512. The summed E-state index contributed by atoms with van der Waals surface area (Å²) in [5, 5.41) is 13.8. The van der Waals surface area contributed by atoms with E-state index in [0.717, 1.165) is 54.3 Å². The van der Waals surface area contributed by atoms with Crippen molar-refractivity contribution in [2.75, 3.05) is 0 Å². The Bertz CT molecular complexity index is 1660. The first-order chi connectivity index (χ1) is 22.5. The molecule has 1 aliphatic rings. The van der Waals surface area contributed by atoms with Crippen molar-refractivity contribution in [3.63, 3.8) is 0 Å². The van der Waals surface area contributed by atoms with Gasteiger partial charge in [-0.15, -0.1) is 35.4 Å². The SMILES string of the molecule is CC(C)Cc1cccc2ccc3c(-c4[c-]cc(C5CCCCC5)cc4)ncnc3c12.CCC(C)(CC)C(=O)/C=C(\O)C(C)(CC)CC.[Ir]. The maximum atomic E-state index is 12.2. The Morgan fingerprint density at radius 1 is 0.917 bits per heavy atom. The molecule has 0 unspecified atom stereocenters. The fourth-order valence-corrected chi connectivity index (χ4v) is 6.76. The second-order valence-electron chi connectivity index (χ2n) is 14.6. The molecule has 1 aliphatic carbocycles. The summed E-state index contributed by atoms with van der Waals surface area (Å²) in [6, 6.07) is 21.2. The molecule has 0 amide bonds. The molecular formula is C43H57IrN2O2-. The molecule has 5 rings (SSSR count). The number of allylic oxidation sites excluding steroid dienone is 2. The summed E-state index contributed by atoms with van der Waals surface area (Å²) in [6.45, 7) is 16.6. The Hall–Kier alpha value is -2.88. The van der Waals surface area contributed by atoms with E-state index in [2.05, 4.69) is 73.4 Å². The molecule has 48 heavy (non-hydrogen) atoms. The van der Waals surface area contributed by atoms with Gasteiger partial charge in [0, 0.05) is 42.4 Å². The van der Waals surface area contributed by atoms with Gasteiger partial charge in [-0.3, -0.25) is 9.78 Å². The first-order valence-corrected chi connectivity index (χ1v) is 18.1. The van der Waals surface area contributed by atoms with E-state index in [0.29, 0.717) is 11.8 Å². The van der Waals surface area contributed by atoms with Crippen LogP contribution in [-0.4, -0.2) is 20.9 Å². The van der Waals surface area contributed by atoms with E-state index in [1.807, 2.05) is 41.5 Å². The van der Waals surface area contributed by atoms with E-state index in [9.17, 15) is 9.90 Å². The summed E-state index contributed by atoms with van der Waals surface area (Å²) in [5.41, 5.74) is 5.29. The number of carbonyl (C=O) groups excluding carboxylic acids is 1. The van der Waals surface area contributed by atoms with Crippen LogP contribution in [0.2, 0.25) is 0 Å². The third-order valence-electron chi connectivity index (χ3n) is 11.1. The average Bonchev–Trinajstić information content (AvgIpc) is 3.11. The van der Waals surface area contributed by atoms with Gasteiger partial charge in [0.15, 0.2) is 5.78 Å². The molecule has 1 radical (unpaired) electrons. The van der Waals surface area contributed by atoms with Crippen molar-refractivity contribution in [2.24, 2.45) is 16.7 Å². The molecule has 1 N–H and O–H groups in total. The third kappa shape index (κ3) is 9.01. The van der Waals surface area contributed by atoms with Crippen LogP contribution in [0.3, 0.4) is 0 Å². The molecule has 261 valence electrons. The number of rotatable bonds is 11. The van der Waals surface area contributed by atoms with E-state index in [1.54, 1.807) is 6.33 Å². The zero-order valence-electron chi connectivity index (χ0n) is 30.6. The number of hydrogen-bond donors (Lipinski definition) is 1. The Balaban J connectivity index is 0.000000301. The summed E-state index contributed by atoms with van der Waals surface area (Å²) in [6.07, 6.45) is 14.2. The predicted molar refractivity (Wildman–Crippen MR) is 199 cm³/mol. The van der Waals surface area contributed by atoms with Gasteiger partial charge in [0.2, 0.25) is 0 Å². The van der Waals surface area contributed by atoms with Crippen LogP contribution in [0, 0.1) is 22.8 Å². The van der Waals surface area contributed by atoms with Crippen molar-refractivity contribution in [1.82, 2.24) is 9.97 Å². The van der Waals surface area contributed by atoms with Crippen molar-refractivity contribution in [2.45, 2.75) is 126 Å². The Labute approximate surface area is 303 Å². The molecule has 4 nitrogen and oxygen atoms in total. The Morgan fingerprint density at radius 3 is 2.17 bits per heavy atom. The molecule has 3 aromatic carbocycles. The maximum absolute atomic E-state index is 12.2. The molecule has 0 aliphatic heterocycles. The number of ketones is 1. The number of nitrogens with zero attached hydrogens (tertiary/aromatic N) is 2. The molecule has 0 bridgehead atoms. The van der Waals surface area contributed by atoms with Crippen LogP contribution in [0.1, 0.15) is 130 Å². The van der Waals surface area contributed by atoms with Crippen LogP contribution in [0.15, 0.2) is 66.7 Å². The van der Waals surface area contributed by atoms with E-state index in [-0.39, 0.29) is 42.5 Å². The molecule has 1 saturated carbocycles. The first-order valence-electron chi connectivity index (χ1n) is 18.1. The van der Waals surface area contributed by atoms with Gasteiger partial charge in [-0.1, -0.05) is 124 Å². The first kappa shape index (κ1) is 39.6. The van der Waals surface area contributed by atoms with E-state index >= 15 is 0 Å². The van der Waals surface area contributed by atoms with Gasteiger partial charge >= 0.3 is 0 Å². The summed E-state index contributed by atoms with van der Waals surface area (Å²) < 4.78 is 0. The van der Waals surface area contributed by atoms with Gasteiger partial charge in [-0.05, 0) is 60.1 Å². The van der Waals surface area contributed by atoms with Crippen molar-refractivity contribution >= 4 is 27.5 Å². The molecule has 5 heteroatoms. The van der Waals surface area contributed by atoms with Gasteiger partial charge in [0.05, 0.1) is 5.52 Å². The van der Waals surface area contributed by atoms with Crippen LogP contribution < -0.4 is 0 Å². The van der Waals surface area contributed by atoms with Crippen LogP contribution in [-0.2, 0) is 31.3 Å². The monoisotopic (exact) mass is 826 g/mol. The second kappa shape index (κ2) is 17.7. The summed E-state index contributed by atoms with van der Waals surface area (Å²) >= 11 is 0. The Morgan fingerprint density at radius 2 is 1.58 bits per heavy atom. The minimum absolute atomic E-state index is 0. The second-order valence-corrected chi connectivity index (χ2v) is 14.6. The van der Waals surface area contributed by atoms with Crippen molar-refractivity contribution in [1.29, 1.82) is 0 Å². The quantitative estimate of drug-likeness (QED) is 0.0708. The normalized spacial score (nSPS) is 14.5. The van der Waals surface area contributed by atoms with Crippen LogP contribution >= 0.6 is 0 Å². The summed E-state index contributed by atoms with van der Waals surface area (Å²) in [7, 11) is 0. The fourth-order valence-electron chi connectivity index (χ4n) is 6.76. The van der Waals surface area contributed by atoms with E-state index in [4.69, 9.17) is 4.98 Å². The minimum atomic E-state index is -0.337. The van der Waals surface area contributed by atoms with Gasteiger partial charge in [-0.2, -0.15) is 0 Å². The van der Waals surface area contributed by atoms with Gasteiger partial charge in [-0.25, -0.2) is 4.98 Å². The Kier molecular flexibility index (Phi) is 14.6. The van der Waals surface area contributed by atoms with E-state index in [1.165, 1.54) is 60.1 Å². The molecule has 4 aromatic rings. The number of aliphatic hydroxyl groups is 1.